The summed E-state index contributed by atoms with van der Waals surface area (Å²) >= 11 is 0. The Hall–Kier alpha value is -3.22. The number of hydroxylamine groups is 1. The number of nitrogens with zero attached hydrogens (tertiary/aromatic N) is 2. The van der Waals surface area contributed by atoms with E-state index in [-0.39, 0.29) is 18.9 Å². The van der Waals surface area contributed by atoms with Crippen molar-refractivity contribution in [3.8, 4) is 23.7 Å². The highest BCUT2D eigenvalue weighted by molar-refractivity contribution is 7.92. The predicted octanol–water partition coefficient (Wildman–Crippen LogP) is -0.418. The lowest BCUT2D eigenvalue weighted by molar-refractivity contribution is -0.131. The van der Waals surface area contributed by atoms with Crippen LogP contribution in [0.25, 0.3) is 10.9 Å². The summed E-state index contributed by atoms with van der Waals surface area (Å²) in [5.41, 5.74) is 1.94. The van der Waals surface area contributed by atoms with Gasteiger partial charge in [0.05, 0.1) is 29.4 Å². The standard InChI is InChI=1S/C23H25N3O7S/c1-23(22(30)25-31,34(2,32)33)9-10-26-14-24-18-11-15(7-8-17(18)21(26)29)5-3-4-6-16-12-19(27)20(28)13-16/h7-8,11,14,16,19-20,27-28,31H,9-10,12-13H2,1-2H3,(H,25,30)/t16?,19-,20+,23?. The monoisotopic (exact) mass is 487 g/mol. The Labute approximate surface area is 196 Å². The van der Waals surface area contributed by atoms with Crippen molar-refractivity contribution in [2.24, 2.45) is 5.92 Å². The molecule has 1 aliphatic rings. The highest BCUT2D eigenvalue weighted by Gasteiger charge is 2.43. The van der Waals surface area contributed by atoms with E-state index in [1.807, 2.05) is 0 Å². The lowest BCUT2D eigenvalue weighted by Gasteiger charge is -2.25. The quantitative estimate of drug-likeness (QED) is 0.251. The van der Waals surface area contributed by atoms with E-state index < -0.39 is 38.3 Å². The first-order chi connectivity index (χ1) is 16.0. The van der Waals surface area contributed by atoms with Gasteiger partial charge < -0.3 is 10.2 Å². The fourth-order valence-corrected chi connectivity index (χ4v) is 4.51. The van der Waals surface area contributed by atoms with Crippen LogP contribution in [0.3, 0.4) is 0 Å². The van der Waals surface area contributed by atoms with Crippen molar-refractivity contribution in [1.29, 1.82) is 0 Å². The van der Waals surface area contributed by atoms with Gasteiger partial charge in [-0.3, -0.25) is 19.4 Å². The first-order valence-corrected chi connectivity index (χ1v) is 12.4. The van der Waals surface area contributed by atoms with Gasteiger partial charge in [0.1, 0.15) is 0 Å². The highest BCUT2D eigenvalue weighted by atomic mass is 32.2. The van der Waals surface area contributed by atoms with E-state index >= 15 is 0 Å². The summed E-state index contributed by atoms with van der Waals surface area (Å²) in [6.45, 7) is 1.07. The molecule has 1 saturated carbocycles. The molecule has 0 aliphatic heterocycles. The number of fused-ring (bicyclic) bond motifs is 1. The lowest BCUT2D eigenvalue weighted by Crippen LogP contribution is -2.50. The van der Waals surface area contributed by atoms with Crippen LogP contribution in [-0.2, 0) is 21.2 Å². The first-order valence-electron chi connectivity index (χ1n) is 10.5. The maximum Gasteiger partial charge on any atom is 0.264 e. The second-order valence-corrected chi connectivity index (χ2v) is 10.9. The van der Waals surface area contributed by atoms with E-state index in [1.54, 1.807) is 18.2 Å². The largest absolute Gasteiger partial charge is 0.390 e. The topological polar surface area (TPSA) is 159 Å². The SMILES string of the molecule is CC(CCn1cnc2cc(C#CC#CC3C[C@@H](O)[C@@H](O)C3)ccc2c1=O)(C(=O)NO)S(C)(=O)=O. The highest BCUT2D eigenvalue weighted by Crippen LogP contribution is 2.25. The minimum Gasteiger partial charge on any atom is -0.390 e. The van der Waals surface area contributed by atoms with Crippen LogP contribution in [0.4, 0.5) is 0 Å². The van der Waals surface area contributed by atoms with Crippen LogP contribution >= 0.6 is 0 Å². The third-order valence-electron chi connectivity index (χ3n) is 6.10. The van der Waals surface area contributed by atoms with Crippen LogP contribution in [0.5, 0.6) is 0 Å². The minimum absolute atomic E-state index is 0.107. The van der Waals surface area contributed by atoms with Gasteiger partial charge in [-0.05, 0) is 56.2 Å². The van der Waals surface area contributed by atoms with E-state index in [1.165, 1.54) is 23.3 Å². The smallest absolute Gasteiger partial charge is 0.264 e. The molecular weight excluding hydrogens is 462 g/mol. The second kappa shape index (κ2) is 9.95. The molecule has 2 aromatic rings. The third-order valence-corrected chi connectivity index (χ3v) is 8.12. The molecule has 1 aliphatic carbocycles. The molecule has 0 saturated heterocycles. The molecule has 180 valence electrons. The Morgan fingerprint density at radius 1 is 1.26 bits per heavy atom. The first kappa shape index (κ1) is 25.4. The number of aliphatic hydroxyl groups excluding tert-OH is 2. The molecule has 11 heteroatoms. The summed E-state index contributed by atoms with van der Waals surface area (Å²) in [5.74, 6) is 10.0. The van der Waals surface area contributed by atoms with E-state index in [4.69, 9.17) is 5.21 Å². The number of sulfone groups is 1. The summed E-state index contributed by atoms with van der Waals surface area (Å²) in [6, 6.07) is 4.81. The number of rotatable bonds is 5. The predicted molar refractivity (Wildman–Crippen MR) is 123 cm³/mol. The molecule has 3 rings (SSSR count). The zero-order valence-corrected chi connectivity index (χ0v) is 19.5. The summed E-state index contributed by atoms with van der Waals surface area (Å²) in [6.07, 6.45) is 1.22. The molecule has 4 N–H and O–H groups in total. The zero-order chi connectivity index (χ0) is 25.1. The Kier molecular flexibility index (Phi) is 7.44. The van der Waals surface area contributed by atoms with Gasteiger partial charge in [-0.15, -0.1) is 0 Å². The number of hydrogen-bond donors (Lipinski definition) is 4. The fourth-order valence-electron chi connectivity index (χ4n) is 3.67. The van der Waals surface area contributed by atoms with Gasteiger partial charge >= 0.3 is 0 Å². The van der Waals surface area contributed by atoms with Gasteiger partial charge in [-0.1, -0.05) is 11.8 Å². The molecule has 0 radical (unpaired) electrons. The summed E-state index contributed by atoms with van der Waals surface area (Å²) < 4.78 is 23.5. The average molecular weight is 488 g/mol. The number of benzene rings is 1. The second-order valence-electron chi connectivity index (χ2n) is 8.49. The third kappa shape index (κ3) is 5.29. The van der Waals surface area contributed by atoms with Crippen molar-refractivity contribution >= 4 is 26.6 Å². The Morgan fingerprint density at radius 3 is 2.56 bits per heavy atom. The van der Waals surface area contributed by atoms with Crippen molar-refractivity contribution in [2.45, 2.75) is 49.7 Å². The molecule has 4 atom stereocenters. The molecular formula is C23H25N3O7S. The van der Waals surface area contributed by atoms with Crippen LogP contribution < -0.4 is 11.0 Å². The van der Waals surface area contributed by atoms with Crippen molar-refractivity contribution in [3.63, 3.8) is 0 Å². The van der Waals surface area contributed by atoms with E-state index in [9.17, 15) is 28.2 Å². The number of aliphatic hydroxyl groups is 2. The molecule has 1 fully saturated rings. The van der Waals surface area contributed by atoms with Crippen molar-refractivity contribution in [1.82, 2.24) is 15.0 Å². The normalized spacial score (nSPS) is 21.6. The van der Waals surface area contributed by atoms with Crippen LogP contribution in [0, 0.1) is 29.6 Å². The molecule has 1 aromatic carbocycles. The molecule has 34 heavy (non-hydrogen) atoms. The van der Waals surface area contributed by atoms with Gasteiger partial charge in [0, 0.05) is 24.3 Å². The van der Waals surface area contributed by atoms with E-state index in [0.717, 1.165) is 6.26 Å². The molecule has 0 spiro atoms. The molecule has 2 unspecified atom stereocenters. The van der Waals surface area contributed by atoms with E-state index in [0.29, 0.717) is 29.3 Å². The Bertz CT molecular complexity index is 1380. The lowest BCUT2D eigenvalue weighted by atomic mass is 10.1. The van der Waals surface area contributed by atoms with Gasteiger partial charge in [-0.25, -0.2) is 18.9 Å². The molecule has 1 aromatic heterocycles. The van der Waals surface area contributed by atoms with Crippen LogP contribution in [0.15, 0.2) is 29.3 Å². The Balaban J connectivity index is 1.78. The molecule has 1 heterocycles. The average Bonchev–Trinajstić information content (AvgIpc) is 3.11. The molecule has 1 amide bonds. The van der Waals surface area contributed by atoms with Crippen molar-refractivity contribution in [3.05, 3.63) is 40.4 Å². The summed E-state index contributed by atoms with van der Waals surface area (Å²) in [5, 5.41) is 28.3. The van der Waals surface area contributed by atoms with Crippen LogP contribution in [-0.4, -0.2) is 62.5 Å². The Morgan fingerprint density at radius 2 is 1.94 bits per heavy atom. The van der Waals surface area contributed by atoms with Gasteiger partial charge in [-0.2, -0.15) is 0 Å². The van der Waals surface area contributed by atoms with Crippen molar-refractivity contribution in [2.75, 3.05) is 6.26 Å². The number of aryl methyl sites for hydroxylation is 1. The number of carbonyl (C=O) groups is 1. The summed E-state index contributed by atoms with van der Waals surface area (Å²) in [4.78, 5) is 29.0. The maximum absolute atomic E-state index is 12.8. The van der Waals surface area contributed by atoms with Crippen LogP contribution in [0.2, 0.25) is 0 Å². The number of nitrogens with one attached hydrogen (secondary N) is 1. The molecule has 10 nitrogen and oxygen atoms in total. The number of aromatic nitrogens is 2. The minimum atomic E-state index is -3.89. The molecule has 0 bridgehead atoms. The number of hydrogen-bond acceptors (Lipinski definition) is 8. The van der Waals surface area contributed by atoms with Crippen molar-refractivity contribution < 1.29 is 28.6 Å². The van der Waals surface area contributed by atoms with E-state index in [2.05, 4.69) is 28.7 Å². The van der Waals surface area contributed by atoms with Crippen LogP contribution in [0.1, 0.15) is 31.7 Å². The van der Waals surface area contributed by atoms with Gasteiger partial charge in [0.25, 0.3) is 11.5 Å². The van der Waals surface area contributed by atoms with Gasteiger partial charge in [0.2, 0.25) is 0 Å². The maximum atomic E-state index is 12.8. The fraction of sp³-hybridized carbons (Fsp3) is 0.435. The number of carbonyl (C=O) groups excluding carboxylic acids is 1. The zero-order valence-electron chi connectivity index (χ0n) is 18.6. The van der Waals surface area contributed by atoms with Gasteiger partial charge in [0.15, 0.2) is 14.6 Å². The summed E-state index contributed by atoms with van der Waals surface area (Å²) in [7, 11) is -3.89. The number of amides is 1.